The van der Waals surface area contributed by atoms with Crippen molar-refractivity contribution in [3.05, 3.63) is 34.4 Å². The van der Waals surface area contributed by atoms with E-state index in [-0.39, 0.29) is 41.6 Å². The van der Waals surface area contributed by atoms with Gasteiger partial charge in [-0.25, -0.2) is 0 Å². The Morgan fingerprint density at radius 2 is 2.14 bits per heavy atom. The number of nitrogens with one attached hydrogen (secondary N) is 2. The Bertz CT molecular complexity index is 686. The Hall–Kier alpha value is -2.11. The number of benzene rings is 1. The number of nitro benzene ring substituents is 1. The van der Waals surface area contributed by atoms with Gasteiger partial charge in [0.15, 0.2) is 5.96 Å². The molecule has 0 radical (unpaired) electrons. The van der Waals surface area contributed by atoms with Crippen LogP contribution >= 0.6 is 24.0 Å². The van der Waals surface area contributed by atoms with E-state index in [9.17, 15) is 14.9 Å². The van der Waals surface area contributed by atoms with E-state index in [1.165, 1.54) is 6.07 Å². The molecule has 1 aromatic carbocycles. The number of hydrogen-bond donors (Lipinski definition) is 2. The second-order valence-electron chi connectivity index (χ2n) is 6.21. The van der Waals surface area contributed by atoms with Gasteiger partial charge < -0.3 is 20.3 Å². The van der Waals surface area contributed by atoms with Crippen LogP contribution in [0.25, 0.3) is 0 Å². The monoisotopic (exact) mass is 505 g/mol. The lowest BCUT2D eigenvalue weighted by Crippen LogP contribution is -2.49. The van der Waals surface area contributed by atoms with Gasteiger partial charge in [-0.3, -0.25) is 19.9 Å². The fourth-order valence-corrected chi connectivity index (χ4v) is 3.11. The number of carbonyl (C=O) groups excluding carboxylic acids is 1. The minimum atomic E-state index is -0.405. The topological polar surface area (TPSA) is 109 Å². The van der Waals surface area contributed by atoms with Crippen LogP contribution in [0.3, 0.4) is 0 Å². The van der Waals surface area contributed by atoms with Gasteiger partial charge in [0.05, 0.1) is 17.4 Å². The van der Waals surface area contributed by atoms with Crippen LogP contribution in [-0.2, 0) is 9.53 Å². The van der Waals surface area contributed by atoms with E-state index in [1.807, 2.05) is 6.92 Å². The molecule has 2 N–H and O–H groups in total. The van der Waals surface area contributed by atoms with Gasteiger partial charge >= 0.3 is 5.97 Å². The Morgan fingerprint density at radius 1 is 1.39 bits per heavy atom. The first-order chi connectivity index (χ1) is 13.1. The van der Waals surface area contributed by atoms with Crippen molar-refractivity contribution in [1.82, 2.24) is 10.2 Å². The van der Waals surface area contributed by atoms with Crippen molar-refractivity contribution >= 4 is 47.3 Å². The predicted octanol–water partition coefficient (Wildman–Crippen LogP) is 2.48. The second-order valence-corrected chi connectivity index (χ2v) is 6.21. The molecule has 0 saturated carbocycles. The average Bonchev–Trinajstić information content (AvgIpc) is 2.68. The number of likely N-dealkylation sites (tertiary alicyclic amines) is 1. The van der Waals surface area contributed by atoms with E-state index < -0.39 is 4.92 Å². The smallest absolute Gasteiger partial charge is 0.310 e. The predicted molar refractivity (Wildman–Crippen MR) is 119 cm³/mol. The Morgan fingerprint density at radius 3 is 2.82 bits per heavy atom. The summed E-state index contributed by atoms with van der Waals surface area (Å²) < 4.78 is 5.13. The number of nitro groups is 1. The van der Waals surface area contributed by atoms with Gasteiger partial charge in [-0.2, -0.15) is 0 Å². The molecule has 1 saturated heterocycles. The van der Waals surface area contributed by atoms with Crippen molar-refractivity contribution in [3.8, 4) is 0 Å². The van der Waals surface area contributed by atoms with Crippen LogP contribution in [0.2, 0.25) is 0 Å². The molecular weight excluding hydrogens is 477 g/mol. The van der Waals surface area contributed by atoms with E-state index in [4.69, 9.17) is 4.74 Å². The van der Waals surface area contributed by atoms with Crippen molar-refractivity contribution in [3.63, 3.8) is 0 Å². The highest BCUT2D eigenvalue weighted by Gasteiger charge is 2.28. The average molecular weight is 505 g/mol. The maximum absolute atomic E-state index is 12.0. The second kappa shape index (κ2) is 12.4. The van der Waals surface area contributed by atoms with Gasteiger partial charge in [-0.15, -0.1) is 24.0 Å². The van der Waals surface area contributed by atoms with Crippen molar-refractivity contribution in [2.75, 3.05) is 45.2 Å². The number of carbonyl (C=O) groups is 1. The molecule has 10 heteroatoms. The summed E-state index contributed by atoms with van der Waals surface area (Å²) in [5, 5.41) is 17.3. The number of para-hydroxylation sites is 2. The molecule has 156 valence electrons. The summed E-state index contributed by atoms with van der Waals surface area (Å²) in [6, 6.07) is 6.55. The lowest BCUT2D eigenvalue weighted by molar-refractivity contribution is -0.384. The van der Waals surface area contributed by atoms with Crippen LogP contribution in [0.5, 0.6) is 0 Å². The molecule has 0 aliphatic carbocycles. The molecule has 0 amide bonds. The zero-order valence-corrected chi connectivity index (χ0v) is 18.5. The summed E-state index contributed by atoms with van der Waals surface area (Å²) in [7, 11) is 1.70. The Labute approximate surface area is 182 Å². The van der Waals surface area contributed by atoms with Gasteiger partial charge in [0.25, 0.3) is 5.69 Å². The molecular formula is C18H28IN5O4. The molecule has 0 spiro atoms. The quantitative estimate of drug-likeness (QED) is 0.112. The highest BCUT2D eigenvalue weighted by Crippen LogP contribution is 2.22. The molecule has 9 nitrogen and oxygen atoms in total. The Kier molecular flexibility index (Phi) is 10.6. The van der Waals surface area contributed by atoms with Crippen LogP contribution in [-0.4, -0.2) is 61.6 Å². The SMILES string of the molecule is CCOC(=O)C1CCCN(C(=NC)NCCNc2ccccc2[N+](=O)[O-])C1.I. The minimum Gasteiger partial charge on any atom is -0.466 e. The number of hydrogen-bond acceptors (Lipinski definition) is 6. The van der Waals surface area contributed by atoms with E-state index in [0.29, 0.717) is 37.9 Å². The van der Waals surface area contributed by atoms with E-state index in [1.54, 1.807) is 25.2 Å². The summed E-state index contributed by atoms with van der Waals surface area (Å²) in [6.07, 6.45) is 1.73. The largest absolute Gasteiger partial charge is 0.466 e. The number of aliphatic imine (C=N–C) groups is 1. The van der Waals surface area contributed by atoms with Crippen molar-refractivity contribution < 1.29 is 14.5 Å². The first-order valence-corrected chi connectivity index (χ1v) is 9.16. The molecule has 1 aromatic rings. The number of anilines is 1. The third-order valence-corrected chi connectivity index (χ3v) is 4.38. The van der Waals surface area contributed by atoms with Gasteiger partial charge in [0, 0.05) is 39.3 Å². The van der Waals surface area contributed by atoms with Crippen LogP contribution in [0.4, 0.5) is 11.4 Å². The Balaban J connectivity index is 0.00000392. The number of ether oxygens (including phenoxy) is 1. The zero-order valence-electron chi connectivity index (χ0n) is 16.2. The molecule has 1 heterocycles. The number of nitrogens with zero attached hydrogens (tertiary/aromatic N) is 3. The molecule has 0 bridgehead atoms. The van der Waals surface area contributed by atoms with Gasteiger partial charge in [-0.05, 0) is 25.8 Å². The summed E-state index contributed by atoms with van der Waals surface area (Å²) >= 11 is 0. The standard InChI is InChI=1S/C18H27N5O4.HI/c1-3-27-17(24)14-7-6-12-22(13-14)18(19-2)21-11-10-20-15-8-4-5-9-16(15)23(25)26;/h4-5,8-9,14,20H,3,6-7,10-13H2,1-2H3,(H,19,21);1H. The number of rotatable bonds is 7. The highest BCUT2D eigenvalue weighted by atomic mass is 127. The molecule has 28 heavy (non-hydrogen) atoms. The van der Waals surface area contributed by atoms with Crippen molar-refractivity contribution in [1.29, 1.82) is 0 Å². The third-order valence-electron chi connectivity index (χ3n) is 4.38. The lowest BCUT2D eigenvalue weighted by Gasteiger charge is -2.34. The molecule has 1 fully saturated rings. The van der Waals surface area contributed by atoms with E-state index in [2.05, 4.69) is 20.5 Å². The van der Waals surface area contributed by atoms with Gasteiger partial charge in [0.2, 0.25) is 0 Å². The van der Waals surface area contributed by atoms with Crippen LogP contribution in [0, 0.1) is 16.0 Å². The lowest BCUT2D eigenvalue weighted by atomic mass is 9.98. The molecule has 1 unspecified atom stereocenters. The fourth-order valence-electron chi connectivity index (χ4n) is 3.11. The van der Waals surface area contributed by atoms with E-state index in [0.717, 1.165) is 19.4 Å². The molecule has 1 atom stereocenters. The van der Waals surface area contributed by atoms with Gasteiger partial charge in [0.1, 0.15) is 5.69 Å². The third kappa shape index (κ3) is 6.80. The van der Waals surface area contributed by atoms with Gasteiger partial charge in [-0.1, -0.05) is 12.1 Å². The van der Waals surface area contributed by atoms with Crippen molar-refractivity contribution in [2.45, 2.75) is 19.8 Å². The van der Waals surface area contributed by atoms with Crippen LogP contribution in [0.15, 0.2) is 29.3 Å². The van der Waals surface area contributed by atoms with E-state index >= 15 is 0 Å². The number of halogens is 1. The molecule has 0 aromatic heterocycles. The normalized spacial score (nSPS) is 16.7. The first kappa shape index (κ1) is 23.9. The summed E-state index contributed by atoms with van der Waals surface area (Å²) in [5.74, 6) is 0.423. The molecule has 1 aliphatic rings. The summed E-state index contributed by atoms with van der Waals surface area (Å²) in [4.78, 5) is 29.0. The number of guanidine groups is 1. The number of piperidine rings is 1. The minimum absolute atomic E-state index is 0. The van der Waals surface area contributed by atoms with Crippen LogP contribution in [0.1, 0.15) is 19.8 Å². The fraction of sp³-hybridized carbons (Fsp3) is 0.556. The van der Waals surface area contributed by atoms with Crippen molar-refractivity contribution in [2.24, 2.45) is 10.9 Å². The van der Waals surface area contributed by atoms with Crippen LogP contribution < -0.4 is 10.6 Å². The summed E-state index contributed by atoms with van der Waals surface area (Å²) in [6.45, 7) is 4.64. The maximum atomic E-state index is 12.0. The number of esters is 1. The maximum Gasteiger partial charge on any atom is 0.310 e. The summed E-state index contributed by atoms with van der Waals surface area (Å²) in [5.41, 5.74) is 0.537. The zero-order chi connectivity index (χ0) is 19.6. The molecule has 1 aliphatic heterocycles. The first-order valence-electron chi connectivity index (χ1n) is 9.16. The highest BCUT2D eigenvalue weighted by molar-refractivity contribution is 14.0. The molecule has 2 rings (SSSR count).